The molecule has 0 fully saturated rings. The number of carboxylic acids is 1. The first kappa shape index (κ1) is 25.2. The summed E-state index contributed by atoms with van der Waals surface area (Å²) in [7, 11) is 1.58. The van der Waals surface area contributed by atoms with Gasteiger partial charge in [0.15, 0.2) is 0 Å². The zero-order valence-corrected chi connectivity index (χ0v) is 20.3. The van der Waals surface area contributed by atoms with Gasteiger partial charge in [0, 0.05) is 18.0 Å². The number of benzene rings is 1. The number of fused-ring (bicyclic) bond motifs is 3. The first-order chi connectivity index (χ1) is 15.9. The zero-order chi connectivity index (χ0) is 24.0. The van der Waals surface area contributed by atoms with Crippen molar-refractivity contribution in [3.8, 4) is 5.75 Å². The van der Waals surface area contributed by atoms with Crippen molar-refractivity contribution in [3.63, 3.8) is 0 Å². The number of aromatic nitrogens is 2. The Morgan fingerprint density at radius 1 is 1.33 bits per heavy atom. The van der Waals surface area contributed by atoms with Crippen LogP contribution in [0.4, 0.5) is 5.82 Å². The number of hydrogen-bond donors (Lipinski definition) is 4. The van der Waals surface area contributed by atoms with Crippen LogP contribution in [0.5, 0.6) is 5.75 Å². The summed E-state index contributed by atoms with van der Waals surface area (Å²) < 4.78 is 5.21. The number of aliphatic carboxylic acids is 1. The van der Waals surface area contributed by atoms with Gasteiger partial charge in [-0.1, -0.05) is 17.7 Å². The molecule has 8 nitrogen and oxygen atoms in total. The fraction of sp³-hybridized carbons (Fsp3) is 0.435. The van der Waals surface area contributed by atoms with Gasteiger partial charge in [0.05, 0.1) is 24.1 Å². The van der Waals surface area contributed by atoms with Crippen molar-refractivity contribution >= 4 is 44.9 Å². The van der Waals surface area contributed by atoms with E-state index in [1.807, 2.05) is 18.2 Å². The van der Waals surface area contributed by atoms with Gasteiger partial charge in [-0.05, 0) is 55.9 Å². The van der Waals surface area contributed by atoms with Crippen LogP contribution in [0.1, 0.15) is 47.5 Å². The Bertz CT molecular complexity index is 1120. The molecule has 2 aromatic heterocycles. The summed E-state index contributed by atoms with van der Waals surface area (Å²) in [5.41, 5.74) is 7.07. The highest BCUT2D eigenvalue weighted by molar-refractivity contribution is 7.19. The van der Waals surface area contributed by atoms with Crippen LogP contribution >= 0.6 is 22.9 Å². The Morgan fingerprint density at radius 3 is 2.70 bits per heavy atom. The number of thiophene rings is 1. The quantitative estimate of drug-likeness (QED) is 0.389. The van der Waals surface area contributed by atoms with Gasteiger partial charge in [-0.2, -0.15) is 0 Å². The maximum atomic E-state index is 11.5. The number of methoxy groups -OCH3 is 1. The lowest BCUT2D eigenvalue weighted by atomic mass is 9.97. The molecule has 1 aliphatic rings. The second kappa shape index (κ2) is 11.6. The van der Waals surface area contributed by atoms with E-state index in [2.05, 4.69) is 15.3 Å². The smallest absolute Gasteiger partial charge is 0.313 e. The molecule has 1 aliphatic carbocycles. The molecule has 2 heterocycles. The number of halogens is 1. The van der Waals surface area contributed by atoms with Crippen LogP contribution in [-0.2, 0) is 24.2 Å². The fourth-order valence-electron chi connectivity index (χ4n) is 3.61. The van der Waals surface area contributed by atoms with E-state index in [9.17, 15) is 9.90 Å². The highest BCUT2D eigenvalue weighted by atomic mass is 35.5. The van der Waals surface area contributed by atoms with Crippen LogP contribution in [0.25, 0.3) is 10.2 Å². The summed E-state index contributed by atoms with van der Waals surface area (Å²) in [5.74, 6) is -0.0410. The van der Waals surface area contributed by atoms with E-state index >= 15 is 0 Å². The van der Waals surface area contributed by atoms with Crippen molar-refractivity contribution in [1.82, 2.24) is 9.97 Å². The van der Waals surface area contributed by atoms with Gasteiger partial charge in [-0.15, -0.1) is 11.3 Å². The van der Waals surface area contributed by atoms with Crippen LogP contribution in [-0.4, -0.2) is 46.4 Å². The SMILES string of the molecule is COc1ccc(CNc2nc(C(C)C(=O)O)nc3sc4c(c23)CCCC4)cc1Cl.NCCO. The number of nitrogens with zero attached hydrogens (tertiary/aromatic N) is 2. The number of aliphatic hydroxyl groups is 1. The molecule has 10 heteroatoms. The fourth-order valence-corrected chi connectivity index (χ4v) is 5.16. The molecule has 0 amide bonds. The Balaban J connectivity index is 0.000000709. The van der Waals surface area contributed by atoms with Gasteiger partial charge in [0.2, 0.25) is 0 Å². The third-order valence-corrected chi connectivity index (χ3v) is 6.88. The van der Waals surface area contributed by atoms with Crippen molar-refractivity contribution in [3.05, 3.63) is 45.1 Å². The molecule has 1 aromatic carbocycles. The predicted molar refractivity (Wildman–Crippen MR) is 132 cm³/mol. The van der Waals surface area contributed by atoms with Crippen molar-refractivity contribution in [1.29, 1.82) is 0 Å². The zero-order valence-electron chi connectivity index (χ0n) is 18.7. The summed E-state index contributed by atoms with van der Waals surface area (Å²) in [4.78, 5) is 22.9. The van der Waals surface area contributed by atoms with Gasteiger partial charge in [0.1, 0.15) is 28.1 Å². The minimum Gasteiger partial charge on any atom is -0.495 e. The molecule has 33 heavy (non-hydrogen) atoms. The molecule has 0 bridgehead atoms. The first-order valence-electron chi connectivity index (χ1n) is 10.8. The number of aliphatic hydroxyl groups excluding tert-OH is 1. The Hall–Kier alpha value is -2.46. The maximum absolute atomic E-state index is 11.5. The lowest BCUT2D eigenvalue weighted by molar-refractivity contribution is -0.138. The van der Waals surface area contributed by atoms with Gasteiger partial charge in [-0.3, -0.25) is 4.79 Å². The molecular weight excluding hydrogens is 464 g/mol. The number of aryl methyl sites for hydroxylation is 2. The normalized spacial score (nSPS) is 13.6. The summed E-state index contributed by atoms with van der Waals surface area (Å²) in [6.45, 7) is 2.60. The molecule has 1 unspecified atom stereocenters. The molecule has 3 aromatic rings. The van der Waals surface area contributed by atoms with Crippen LogP contribution in [0.2, 0.25) is 5.02 Å². The largest absolute Gasteiger partial charge is 0.495 e. The number of rotatable bonds is 7. The predicted octanol–water partition coefficient (Wildman–Crippen LogP) is 3.97. The molecule has 1 atom stereocenters. The number of nitrogens with one attached hydrogen (secondary N) is 1. The van der Waals surface area contributed by atoms with Crippen molar-refractivity contribution in [2.45, 2.75) is 45.1 Å². The van der Waals surface area contributed by atoms with Crippen LogP contribution in [0.15, 0.2) is 18.2 Å². The Kier molecular flexibility index (Phi) is 8.85. The van der Waals surface area contributed by atoms with E-state index in [1.165, 1.54) is 16.9 Å². The number of nitrogens with two attached hydrogens (primary N) is 1. The molecule has 0 radical (unpaired) electrons. The molecule has 0 saturated carbocycles. The van der Waals surface area contributed by atoms with Gasteiger partial charge in [0.25, 0.3) is 0 Å². The second-order valence-corrected chi connectivity index (χ2v) is 9.21. The average Bonchev–Trinajstić information content (AvgIpc) is 3.20. The van der Waals surface area contributed by atoms with E-state index in [-0.39, 0.29) is 6.61 Å². The third kappa shape index (κ3) is 5.92. The van der Waals surface area contributed by atoms with E-state index in [1.54, 1.807) is 25.4 Å². The van der Waals surface area contributed by atoms with Gasteiger partial charge in [-0.25, -0.2) is 9.97 Å². The van der Waals surface area contributed by atoms with Crippen LogP contribution in [0, 0.1) is 0 Å². The van der Waals surface area contributed by atoms with Gasteiger partial charge >= 0.3 is 5.97 Å². The minimum atomic E-state index is -0.932. The highest BCUT2D eigenvalue weighted by Gasteiger charge is 2.24. The van der Waals surface area contributed by atoms with Crippen LogP contribution in [0.3, 0.4) is 0 Å². The highest BCUT2D eigenvalue weighted by Crippen LogP contribution is 2.39. The Morgan fingerprint density at radius 2 is 2.06 bits per heavy atom. The Labute approximate surface area is 201 Å². The maximum Gasteiger partial charge on any atom is 0.313 e. The molecular formula is C23H29ClN4O4S. The molecule has 0 spiro atoms. The summed E-state index contributed by atoms with van der Waals surface area (Å²) in [6.07, 6.45) is 4.39. The molecule has 0 saturated heterocycles. The monoisotopic (exact) mass is 492 g/mol. The number of hydrogen-bond acceptors (Lipinski definition) is 8. The van der Waals surface area contributed by atoms with E-state index < -0.39 is 11.9 Å². The van der Waals surface area contributed by atoms with Crippen molar-refractivity contribution in [2.24, 2.45) is 5.73 Å². The lowest BCUT2D eigenvalue weighted by Gasteiger charge is -2.14. The topological polar surface area (TPSA) is 131 Å². The van der Waals surface area contributed by atoms with E-state index in [4.69, 9.17) is 27.2 Å². The van der Waals surface area contributed by atoms with Crippen molar-refractivity contribution in [2.75, 3.05) is 25.6 Å². The number of carboxylic acid groups (broad SMARTS) is 1. The summed E-state index contributed by atoms with van der Waals surface area (Å²) in [6, 6.07) is 5.63. The summed E-state index contributed by atoms with van der Waals surface area (Å²) >= 11 is 7.91. The van der Waals surface area contributed by atoms with Crippen LogP contribution < -0.4 is 15.8 Å². The number of anilines is 1. The third-order valence-electron chi connectivity index (χ3n) is 5.39. The molecule has 4 rings (SSSR count). The molecule has 0 aliphatic heterocycles. The minimum absolute atomic E-state index is 0.0972. The molecule has 5 N–H and O–H groups in total. The molecule has 178 valence electrons. The second-order valence-electron chi connectivity index (χ2n) is 7.72. The first-order valence-corrected chi connectivity index (χ1v) is 12.0. The standard InChI is InChI=1S/C21H22ClN3O3S.C2H7NO/c1-11(21(26)27)18-24-19(23-10-12-7-8-15(28-2)14(22)9-12)17-13-5-3-4-6-16(13)29-20(17)25-18;3-1-2-4/h7-9,11H,3-6,10H2,1-2H3,(H,26,27)(H,23,24,25);4H,1-3H2. The van der Waals surface area contributed by atoms with E-state index in [0.717, 1.165) is 35.0 Å². The number of ether oxygens (including phenoxy) is 1. The average molecular weight is 493 g/mol. The summed E-state index contributed by atoms with van der Waals surface area (Å²) in [5, 5.41) is 22.2. The van der Waals surface area contributed by atoms with E-state index in [0.29, 0.717) is 35.5 Å². The van der Waals surface area contributed by atoms with Crippen molar-refractivity contribution < 1.29 is 19.7 Å². The van der Waals surface area contributed by atoms with Gasteiger partial charge < -0.3 is 26.0 Å². The number of carbonyl (C=O) groups is 1. The lowest BCUT2D eigenvalue weighted by Crippen LogP contribution is -2.13.